The zero-order valence-electron chi connectivity index (χ0n) is 12.2. The number of carbonyl (C=O) groups is 1. The maximum atomic E-state index is 12.7. The van der Waals surface area contributed by atoms with Crippen LogP contribution in [0.1, 0.15) is 12.8 Å². The molecule has 7 nitrogen and oxygen atoms in total. The van der Waals surface area contributed by atoms with Gasteiger partial charge >= 0.3 is 0 Å². The minimum Gasteiger partial charge on any atom is -0.494 e. The zero-order valence-corrected chi connectivity index (χ0v) is 13.0. The summed E-state index contributed by atoms with van der Waals surface area (Å²) in [5.41, 5.74) is 0.195. The van der Waals surface area contributed by atoms with Crippen LogP contribution in [0.3, 0.4) is 0 Å². The molecule has 1 aliphatic heterocycles. The molecule has 1 saturated carbocycles. The number of hydrogen-bond donors (Lipinski definition) is 0. The van der Waals surface area contributed by atoms with Gasteiger partial charge in [0.1, 0.15) is 24.5 Å². The number of ether oxygens (including phenoxy) is 2. The van der Waals surface area contributed by atoms with Crippen molar-refractivity contribution in [2.45, 2.75) is 12.8 Å². The van der Waals surface area contributed by atoms with Crippen LogP contribution >= 0.6 is 11.6 Å². The van der Waals surface area contributed by atoms with Gasteiger partial charge in [-0.05, 0) is 30.9 Å². The Morgan fingerprint density at radius 2 is 2.17 bits per heavy atom. The van der Waals surface area contributed by atoms with Crippen LogP contribution in [0.2, 0.25) is 5.02 Å². The van der Waals surface area contributed by atoms with Crippen LogP contribution in [0.4, 0.5) is 11.4 Å². The molecule has 0 spiro atoms. The summed E-state index contributed by atoms with van der Waals surface area (Å²) in [6.45, 7) is 1.18. The highest BCUT2D eigenvalue weighted by Gasteiger charge is 2.31. The first-order valence-electron chi connectivity index (χ1n) is 7.26. The van der Waals surface area contributed by atoms with Gasteiger partial charge in [-0.25, -0.2) is 0 Å². The van der Waals surface area contributed by atoms with Crippen LogP contribution in [-0.4, -0.2) is 30.6 Å². The van der Waals surface area contributed by atoms with Crippen LogP contribution in [0.25, 0.3) is 0 Å². The van der Waals surface area contributed by atoms with Crippen LogP contribution in [0.5, 0.6) is 0 Å². The summed E-state index contributed by atoms with van der Waals surface area (Å²) >= 11 is 5.84. The highest BCUT2D eigenvalue weighted by molar-refractivity contribution is 6.32. The van der Waals surface area contributed by atoms with Crippen LogP contribution < -0.4 is 4.90 Å². The molecule has 0 bridgehead atoms. The molecule has 0 N–H and O–H groups in total. The maximum Gasteiger partial charge on any atom is 0.296 e. The van der Waals surface area contributed by atoms with Gasteiger partial charge in [0, 0.05) is 12.6 Å². The Bertz CT molecular complexity index is 672. The van der Waals surface area contributed by atoms with Crippen molar-refractivity contribution in [3.8, 4) is 0 Å². The van der Waals surface area contributed by atoms with Crippen LogP contribution in [0.15, 0.2) is 30.2 Å². The molecule has 3 rings (SSSR count). The molecule has 0 aromatic heterocycles. The van der Waals surface area contributed by atoms with Gasteiger partial charge in [0.2, 0.25) is 5.76 Å². The third-order valence-corrected chi connectivity index (χ3v) is 4.00. The SMILES string of the molecule is O=C(C1=COCCO1)N(CC1CC1)c1ccc(Cl)c([N+](=O)[O-])c1. The minimum atomic E-state index is -0.564. The minimum absolute atomic E-state index is 0.0361. The molecule has 8 heteroatoms. The van der Waals surface area contributed by atoms with Crippen molar-refractivity contribution in [2.75, 3.05) is 24.7 Å². The first kappa shape index (κ1) is 15.6. The van der Waals surface area contributed by atoms with Crippen molar-refractivity contribution in [2.24, 2.45) is 5.92 Å². The van der Waals surface area contributed by atoms with E-state index in [0.717, 1.165) is 12.8 Å². The number of anilines is 1. The second-order valence-electron chi connectivity index (χ2n) is 5.45. The van der Waals surface area contributed by atoms with Crippen LogP contribution in [-0.2, 0) is 14.3 Å². The van der Waals surface area contributed by atoms with E-state index in [4.69, 9.17) is 21.1 Å². The molecule has 1 aromatic carbocycles. The molecule has 0 atom stereocenters. The van der Waals surface area contributed by atoms with E-state index >= 15 is 0 Å². The summed E-state index contributed by atoms with van der Waals surface area (Å²) in [5, 5.41) is 11.1. The Kier molecular flexibility index (Phi) is 4.38. The quantitative estimate of drug-likeness (QED) is 0.609. The van der Waals surface area contributed by atoms with Gasteiger partial charge in [-0.15, -0.1) is 0 Å². The summed E-state index contributed by atoms with van der Waals surface area (Å²) in [7, 11) is 0. The predicted octanol–water partition coefficient (Wildman–Crippen LogP) is 2.88. The fourth-order valence-electron chi connectivity index (χ4n) is 2.29. The Morgan fingerprint density at radius 3 is 2.78 bits per heavy atom. The summed E-state index contributed by atoms with van der Waals surface area (Å²) in [4.78, 5) is 24.7. The monoisotopic (exact) mass is 338 g/mol. The maximum absolute atomic E-state index is 12.7. The highest BCUT2D eigenvalue weighted by Crippen LogP contribution is 2.35. The number of nitro benzene ring substituents is 1. The number of hydrogen-bond acceptors (Lipinski definition) is 5. The lowest BCUT2D eigenvalue weighted by Gasteiger charge is -2.25. The van der Waals surface area contributed by atoms with Crippen molar-refractivity contribution in [3.05, 3.63) is 45.4 Å². The molecule has 0 unspecified atom stereocenters. The third-order valence-electron chi connectivity index (χ3n) is 3.68. The molecule has 1 amide bonds. The first-order chi connectivity index (χ1) is 11.1. The Hall–Kier alpha value is -2.28. The van der Waals surface area contributed by atoms with E-state index in [1.54, 1.807) is 6.07 Å². The lowest BCUT2D eigenvalue weighted by atomic mass is 10.2. The highest BCUT2D eigenvalue weighted by atomic mass is 35.5. The van der Waals surface area contributed by atoms with E-state index < -0.39 is 4.92 Å². The van der Waals surface area contributed by atoms with Crippen LogP contribution in [0, 0.1) is 16.0 Å². The molecule has 23 heavy (non-hydrogen) atoms. The molecule has 122 valence electrons. The average Bonchev–Trinajstić information content (AvgIpc) is 3.37. The van der Waals surface area contributed by atoms with E-state index in [-0.39, 0.29) is 22.4 Å². The summed E-state index contributed by atoms with van der Waals surface area (Å²) in [5.74, 6) is 0.140. The molecule has 0 radical (unpaired) electrons. The van der Waals surface area contributed by atoms with Gasteiger partial charge in [0.25, 0.3) is 11.6 Å². The van der Waals surface area contributed by atoms with E-state index in [0.29, 0.717) is 31.4 Å². The summed E-state index contributed by atoms with van der Waals surface area (Å²) < 4.78 is 10.5. The molecule has 0 saturated heterocycles. The third kappa shape index (κ3) is 3.56. The van der Waals surface area contributed by atoms with Gasteiger partial charge < -0.3 is 14.4 Å². The smallest absolute Gasteiger partial charge is 0.296 e. The molecule has 1 heterocycles. The standard InChI is InChI=1S/C15H15ClN2O5/c16-12-4-3-11(7-13(12)18(20)21)17(8-10-1-2-10)15(19)14-9-22-5-6-23-14/h3-4,7,9-10H,1-2,5-6,8H2. The van der Waals surface area contributed by atoms with E-state index in [1.807, 2.05) is 0 Å². The second-order valence-corrected chi connectivity index (χ2v) is 5.86. The average molecular weight is 339 g/mol. The number of nitro groups is 1. The van der Waals surface area contributed by atoms with Crippen molar-refractivity contribution >= 4 is 28.9 Å². The van der Waals surface area contributed by atoms with Gasteiger partial charge in [-0.3, -0.25) is 14.9 Å². The number of benzene rings is 1. The number of halogens is 1. The van der Waals surface area contributed by atoms with Gasteiger partial charge in [-0.1, -0.05) is 11.6 Å². The van der Waals surface area contributed by atoms with E-state index in [2.05, 4.69) is 0 Å². The van der Waals surface area contributed by atoms with Crippen molar-refractivity contribution in [1.29, 1.82) is 0 Å². The molecule has 1 fully saturated rings. The fraction of sp³-hybridized carbons (Fsp3) is 0.400. The summed E-state index contributed by atoms with van der Waals surface area (Å²) in [6, 6.07) is 4.33. The molecule has 1 aromatic rings. The Morgan fingerprint density at radius 1 is 1.39 bits per heavy atom. The normalized spacial score (nSPS) is 16.8. The Labute approximate surface area is 137 Å². The molecular weight excluding hydrogens is 324 g/mol. The molecular formula is C15H15ClN2O5. The Balaban J connectivity index is 1.92. The predicted molar refractivity (Wildman–Crippen MR) is 83.2 cm³/mol. The second kappa shape index (κ2) is 6.45. The number of amides is 1. The fourth-order valence-corrected chi connectivity index (χ4v) is 2.47. The lowest BCUT2D eigenvalue weighted by Crippen LogP contribution is -2.35. The van der Waals surface area contributed by atoms with Crippen molar-refractivity contribution < 1.29 is 19.2 Å². The summed E-state index contributed by atoms with van der Waals surface area (Å²) in [6.07, 6.45) is 3.36. The van der Waals surface area contributed by atoms with E-state index in [1.165, 1.54) is 23.3 Å². The van der Waals surface area contributed by atoms with Crippen molar-refractivity contribution in [1.82, 2.24) is 0 Å². The van der Waals surface area contributed by atoms with Crippen molar-refractivity contribution in [3.63, 3.8) is 0 Å². The number of rotatable bonds is 5. The van der Waals surface area contributed by atoms with E-state index in [9.17, 15) is 14.9 Å². The number of carbonyl (C=O) groups excluding carboxylic acids is 1. The lowest BCUT2D eigenvalue weighted by molar-refractivity contribution is -0.384. The largest absolute Gasteiger partial charge is 0.494 e. The number of nitrogens with zero attached hydrogens (tertiary/aromatic N) is 2. The molecule has 2 aliphatic rings. The van der Waals surface area contributed by atoms with Gasteiger partial charge in [0.05, 0.1) is 10.6 Å². The first-order valence-corrected chi connectivity index (χ1v) is 7.64. The molecule has 1 aliphatic carbocycles. The topological polar surface area (TPSA) is 81.9 Å². The zero-order chi connectivity index (χ0) is 16.4. The van der Waals surface area contributed by atoms with Gasteiger partial charge in [0.15, 0.2) is 0 Å². The van der Waals surface area contributed by atoms with Gasteiger partial charge in [-0.2, -0.15) is 0 Å².